The number of amides is 2. The molecule has 5 nitrogen and oxygen atoms in total. The number of carbonyl (C=O) groups is 2. The molecular formula is C24H26N2O3. The van der Waals surface area contributed by atoms with Crippen LogP contribution in [0.4, 0.5) is 0 Å². The molecule has 0 N–H and O–H groups in total. The minimum absolute atomic E-state index is 0.0539. The molecule has 3 aliphatic rings. The molecular weight excluding hydrogens is 364 g/mol. The van der Waals surface area contributed by atoms with Gasteiger partial charge in [-0.1, -0.05) is 60.7 Å². The van der Waals surface area contributed by atoms with Crippen LogP contribution in [0.25, 0.3) is 0 Å². The average molecular weight is 390 g/mol. The number of rotatable bonds is 5. The van der Waals surface area contributed by atoms with Gasteiger partial charge in [0.15, 0.2) is 5.72 Å². The molecule has 3 fully saturated rings. The van der Waals surface area contributed by atoms with Crippen LogP contribution in [-0.2, 0) is 20.7 Å². The largest absolute Gasteiger partial charge is 0.351 e. The number of likely N-dealkylation sites (tertiary alicyclic amines) is 1. The van der Waals surface area contributed by atoms with Gasteiger partial charge in [0.05, 0.1) is 25.1 Å². The second-order valence-corrected chi connectivity index (χ2v) is 8.24. The second kappa shape index (κ2) is 7.30. The lowest BCUT2D eigenvalue weighted by atomic mass is 10.0. The van der Waals surface area contributed by atoms with E-state index in [0.717, 1.165) is 18.4 Å². The third kappa shape index (κ3) is 3.04. The monoisotopic (exact) mass is 390 g/mol. The molecule has 0 aliphatic carbocycles. The van der Waals surface area contributed by atoms with Crippen molar-refractivity contribution in [2.45, 2.75) is 49.9 Å². The summed E-state index contributed by atoms with van der Waals surface area (Å²) in [6, 6.07) is 20.1. The first-order chi connectivity index (χ1) is 14.2. The highest BCUT2D eigenvalue weighted by molar-refractivity contribution is 5.85. The molecule has 3 aliphatic heterocycles. The van der Waals surface area contributed by atoms with Gasteiger partial charge in [0, 0.05) is 19.4 Å². The van der Waals surface area contributed by atoms with Gasteiger partial charge < -0.3 is 14.5 Å². The summed E-state index contributed by atoms with van der Waals surface area (Å²) in [5.41, 5.74) is 1.73. The summed E-state index contributed by atoms with van der Waals surface area (Å²) in [7, 11) is 0. The van der Waals surface area contributed by atoms with Crippen LogP contribution in [-0.4, -0.2) is 46.5 Å². The minimum Gasteiger partial charge on any atom is -0.351 e. The van der Waals surface area contributed by atoms with Crippen LogP contribution >= 0.6 is 0 Å². The van der Waals surface area contributed by atoms with Crippen molar-refractivity contribution in [2.75, 3.05) is 13.2 Å². The molecule has 5 heteroatoms. The van der Waals surface area contributed by atoms with Crippen LogP contribution in [0.15, 0.2) is 60.7 Å². The van der Waals surface area contributed by atoms with Crippen molar-refractivity contribution in [3.8, 4) is 0 Å². The summed E-state index contributed by atoms with van der Waals surface area (Å²) >= 11 is 0. The first kappa shape index (κ1) is 18.4. The van der Waals surface area contributed by atoms with Gasteiger partial charge in [0.2, 0.25) is 11.8 Å². The zero-order valence-electron chi connectivity index (χ0n) is 16.5. The standard InChI is InChI=1S/C24H26N2O3/c27-22(13-7-10-18-8-3-1-4-9-18)25-15-14-24-21(25)16-23(28)26(24)20(17-29-24)19-11-5-2-6-12-19/h1-6,8-9,11-12,20-21H,7,10,13-17H2/t20-,21+,24-/m0/s1. The lowest BCUT2D eigenvalue weighted by Gasteiger charge is -2.33. The smallest absolute Gasteiger partial charge is 0.227 e. The normalized spacial score (nSPS) is 27.9. The molecule has 0 aromatic heterocycles. The van der Waals surface area contributed by atoms with Crippen LogP contribution in [0.3, 0.4) is 0 Å². The molecule has 0 saturated carbocycles. The van der Waals surface area contributed by atoms with Gasteiger partial charge in [-0.15, -0.1) is 0 Å². The Labute approximate surface area is 171 Å². The second-order valence-electron chi connectivity index (χ2n) is 8.24. The zero-order chi connectivity index (χ0) is 19.8. The highest BCUT2D eigenvalue weighted by Crippen LogP contribution is 2.51. The zero-order valence-corrected chi connectivity index (χ0v) is 16.5. The first-order valence-corrected chi connectivity index (χ1v) is 10.5. The third-order valence-corrected chi connectivity index (χ3v) is 6.66. The molecule has 3 heterocycles. The van der Waals surface area contributed by atoms with Gasteiger partial charge in [-0.2, -0.15) is 0 Å². The lowest BCUT2D eigenvalue weighted by Crippen LogP contribution is -2.49. The Morgan fingerprint density at radius 3 is 2.55 bits per heavy atom. The number of carbonyl (C=O) groups excluding carboxylic acids is 2. The Bertz CT molecular complexity index is 901. The molecule has 150 valence electrons. The SMILES string of the molecule is O=C(CCCc1ccccc1)N1CC[C@@]23OC[C@@H](c4ccccc4)N2C(=O)C[C@@H]13. The number of ether oxygens (including phenoxy) is 1. The Morgan fingerprint density at radius 2 is 1.79 bits per heavy atom. The summed E-state index contributed by atoms with van der Waals surface area (Å²) in [4.78, 5) is 29.7. The van der Waals surface area contributed by atoms with Crippen molar-refractivity contribution in [3.05, 3.63) is 71.8 Å². The van der Waals surface area contributed by atoms with Gasteiger partial charge in [-0.25, -0.2) is 0 Å². The quantitative estimate of drug-likeness (QED) is 0.787. The van der Waals surface area contributed by atoms with E-state index in [1.54, 1.807) is 0 Å². The predicted molar refractivity (Wildman–Crippen MR) is 109 cm³/mol. The van der Waals surface area contributed by atoms with Gasteiger partial charge in [-0.3, -0.25) is 9.59 Å². The number of aryl methyl sites for hydroxylation is 1. The van der Waals surface area contributed by atoms with Crippen molar-refractivity contribution in [3.63, 3.8) is 0 Å². The molecule has 2 aromatic carbocycles. The topological polar surface area (TPSA) is 49.9 Å². The molecule has 2 amide bonds. The fourth-order valence-electron chi connectivity index (χ4n) is 5.30. The molecule has 3 saturated heterocycles. The van der Waals surface area contributed by atoms with Crippen LogP contribution in [0.1, 0.15) is 42.9 Å². The maximum absolute atomic E-state index is 13.0. The van der Waals surface area contributed by atoms with E-state index in [9.17, 15) is 9.59 Å². The van der Waals surface area contributed by atoms with Crippen LogP contribution in [0, 0.1) is 0 Å². The molecule has 1 spiro atoms. The van der Waals surface area contributed by atoms with E-state index in [2.05, 4.69) is 24.3 Å². The van der Waals surface area contributed by atoms with Crippen molar-refractivity contribution in [2.24, 2.45) is 0 Å². The summed E-state index contributed by atoms with van der Waals surface area (Å²) in [5, 5.41) is 0. The van der Waals surface area contributed by atoms with E-state index in [4.69, 9.17) is 4.74 Å². The summed E-state index contributed by atoms with van der Waals surface area (Å²) in [6.45, 7) is 1.17. The van der Waals surface area contributed by atoms with Crippen molar-refractivity contribution < 1.29 is 14.3 Å². The molecule has 3 atom stereocenters. The number of hydrogen-bond acceptors (Lipinski definition) is 3. The number of hydrogen-bond donors (Lipinski definition) is 0. The van der Waals surface area contributed by atoms with E-state index in [-0.39, 0.29) is 23.9 Å². The predicted octanol–water partition coefficient (Wildman–Crippen LogP) is 3.31. The minimum atomic E-state index is -0.632. The Balaban J connectivity index is 1.28. The van der Waals surface area contributed by atoms with Gasteiger partial charge in [0.25, 0.3) is 0 Å². The molecule has 5 rings (SSSR count). The lowest BCUT2D eigenvalue weighted by molar-refractivity contribution is -0.141. The molecule has 29 heavy (non-hydrogen) atoms. The van der Waals surface area contributed by atoms with Gasteiger partial charge >= 0.3 is 0 Å². The maximum atomic E-state index is 13.0. The van der Waals surface area contributed by atoms with E-state index >= 15 is 0 Å². The Hall–Kier alpha value is -2.66. The van der Waals surface area contributed by atoms with Crippen LogP contribution in [0.2, 0.25) is 0 Å². The van der Waals surface area contributed by atoms with Gasteiger partial charge in [0.1, 0.15) is 0 Å². The van der Waals surface area contributed by atoms with E-state index in [1.165, 1.54) is 5.56 Å². The highest BCUT2D eigenvalue weighted by Gasteiger charge is 2.65. The number of benzene rings is 2. The van der Waals surface area contributed by atoms with E-state index in [1.807, 2.05) is 46.2 Å². The average Bonchev–Trinajstić information content (AvgIpc) is 3.38. The van der Waals surface area contributed by atoms with Crippen molar-refractivity contribution in [1.82, 2.24) is 9.80 Å². The van der Waals surface area contributed by atoms with Crippen molar-refractivity contribution in [1.29, 1.82) is 0 Å². The molecule has 0 radical (unpaired) electrons. The fraction of sp³-hybridized carbons (Fsp3) is 0.417. The van der Waals surface area contributed by atoms with Crippen molar-refractivity contribution >= 4 is 11.8 Å². The highest BCUT2D eigenvalue weighted by atomic mass is 16.5. The summed E-state index contributed by atoms with van der Waals surface area (Å²) in [5.74, 6) is 0.243. The Kier molecular flexibility index (Phi) is 4.63. The first-order valence-electron chi connectivity index (χ1n) is 10.5. The van der Waals surface area contributed by atoms with E-state index < -0.39 is 5.72 Å². The van der Waals surface area contributed by atoms with Crippen LogP contribution < -0.4 is 0 Å². The van der Waals surface area contributed by atoms with E-state index in [0.29, 0.717) is 32.4 Å². The van der Waals surface area contributed by atoms with Gasteiger partial charge in [-0.05, 0) is 24.0 Å². The molecule has 0 unspecified atom stereocenters. The van der Waals surface area contributed by atoms with Crippen LogP contribution in [0.5, 0.6) is 0 Å². The molecule has 0 bridgehead atoms. The number of nitrogens with zero attached hydrogens (tertiary/aromatic N) is 2. The summed E-state index contributed by atoms with van der Waals surface area (Å²) in [6.07, 6.45) is 3.31. The molecule has 2 aromatic rings. The maximum Gasteiger partial charge on any atom is 0.227 e. The fourth-order valence-corrected chi connectivity index (χ4v) is 5.30. The Morgan fingerprint density at radius 1 is 1.07 bits per heavy atom. The third-order valence-electron chi connectivity index (χ3n) is 6.66. The summed E-state index contributed by atoms with van der Waals surface area (Å²) < 4.78 is 6.29.